The number of halogens is 2. The summed E-state index contributed by atoms with van der Waals surface area (Å²) in [6.07, 6.45) is 2.69. The predicted molar refractivity (Wildman–Crippen MR) is 113 cm³/mol. The fourth-order valence-corrected chi connectivity index (χ4v) is 5.04. The van der Waals surface area contributed by atoms with Crippen molar-refractivity contribution in [3.8, 4) is 0 Å². The zero-order valence-corrected chi connectivity index (χ0v) is 18.9. The van der Waals surface area contributed by atoms with Gasteiger partial charge in [0.25, 0.3) is 0 Å². The Balaban J connectivity index is 0.00000218. The van der Waals surface area contributed by atoms with Crippen LogP contribution < -0.4 is 17.7 Å². The number of benzene rings is 1. The van der Waals surface area contributed by atoms with E-state index in [1.807, 2.05) is 29.3 Å². The summed E-state index contributed by atoms with van der Waals surface area (Å²) in [7, 11) is 0. The molecule has 30 heavy (non-hydrogen) atoms. The summed E-state index contributed by atoms with van der Waals surface area (Å²) >= 11 is 3.55. The Kier molecular flexibility index (Phi) is 6.38. The Morgan fingerprint density at radius 2 is 1.93 bits per heavy atom. The minimum atomic E-state index is -0.219. The van der Waals surface area contributed by atoms with Gasteiger partial charge < -0.3 is 22.6 Å². The number of piperazine rings is 1. The van der Waals surface area contributed by atoms with Crippen LogP contribution in [-0.2, 0) is 17.8 Å². The molecule has 2 aliphatic rings. The smallest absolute Gasteiger partial charge is 0.244 e. The highest BCUT2D eigenvalue weighted by molar-refractivity contribution is 9.10. The molecule has 158 valence electrons. The van der Waals surface area contributed by atoms with E-state index in [1.165, 1.54) is 5.56 Å². The van der Waals surface area contributed by atoms with E-state index in [1.54, 1.807) is 0 Å². The Labute approximate surface area is 189 Å². The molecule has 1 aromatic carbocycles. The highest BCUT2D eigenvalue weighted by Crippen LogP contribution is 2.32. The van der Waals surface area contributed by atoms with Crippen molar-refractivity contribution in [1.82, 2.24) is 25.0 Å². The number of nitrogens with zero attached hydrogens (tertiary/aromatic N) is 4. The monoisotopic (exact) mass is 490 g/mol. The number of aromatic amines is 1. The number of nitrogens with one attached hydrogen (secondary N) is 1. The van der Waals surface area contributed by atoms with Crippen molar-refractivity contribution in [2.75, 3.05) is 32.7 Å². The first-order valence-electron chi connectivity index (χ1n) is 10.1. The van der Waals surface area contributed by atoms with Gasteiger partial charge in [0.15, 0.2) is 5.65 Å². The number of hydrogen-bond acceptors (Lipinski definition) is 4. The third-order valence-electron chi connectivity index (χ3n) is 5.99. The Hall–Kier alpha value is -2.00. The van der Waals surface area contributed by atoms with Crippen LogP contribution in [0, 0.1) is 0 Å². The lowest BCUT2D eigenvalue weighted by Gasteiger charge is -2.37. The van der Waals surface area contributed by atoms with Gasteiger partial charge in [0, 0.05) is 32.4 Å². The van der Waals surface area contributed by atoms with Crippen LogP contribution in [0.2, 0.25) is 0 Å². The van der Waals surface area contributed by atoms with Crippen molar-refractivity contribution < 1.29 is 22.5 Å². The summed E-state index contributed by atoms with van der Waals surface area (Å²) in [5.74, 6) is 0.190. The number of rotatable bonds is 3. The lowest BCUT2D eigenvalue weighted by molar-refractivity contribution is -0.663. The highest BCUT2D eigenvalue weighted by Gasteiger charge is 2.34. The van der Waals surface area contributed by atoms with Gasteiger partial charge in [-0.1, -0.05) is 30.3 Å². The number of quaternary nitrogens is 1. The average molecular weight is 492 g/mol. The molecule has 0 saturated carbocycles. The number of nitrogens with two attached hydrogens (primary N) is 1. The molecule has 1 atom stereocenters. The second-order valence-corrected chi connectivity index (χ2v) is 8.52. The lowest BCUT2D eigenvalue weighted by atomic mass is 9.97. The van der Waals surface area contributed by atoms with Gasteiger partial charge in [-0.3, -0.25) is 14.8 Å². The maximum absolute atomic E-state index is 13.7. The molecule has 0 radical (unpaired) electrons. The lowest BCUT2D eigenvalue weighted by Crippen LogP contribution is -3.00. The van der Waals surface area contributed by atoms with E-state index in [9.17, 15) is 4.79 Å². The minimum absolute atomic E-state index is 0. The quantitative estimate of drug-likeness (QED) is 0.454. The van der Waals surface area contributed by atoms with E-state index in [2.05, 4.69) is 53.5 Å². The van der Waals surface area contributed by atoms with Gasteiger partial charge in [0.05, 0.1) is 18.5 Å². The third kappa shape index (κ3) is 3.85. The molecule has 0 aliphatic carbocycles. The number of carbonyl (C=O) groups is 1. The molecule has 5 rings (SSSR count). The molecule has 1 amide bonds. The van der Waals surface area contributed by atoms with E-state index in [4.69, 9.17) is 0 Å². The SMILES string of the molecule is O=C(C(c1ccccc1)N1CC[NH2+]CC1)N1CCc2c(cnc3n[nH]c(Br)c23)C1.[Cl-]. The van der Waals surface area contributed by atoms with Crippen LogP contribution in [0.4, 0.5) is 0 Å². The Bertz CT molecular complexity index is 1040. The largest absolute Gasteiger partial charge is 1.00 e. The normalized spacial score (nSPS) is 18.0. The number of hydrogen-bond donors (Lipinski definition) is 2. The van der Waals surface area contributed by atoms with E-state index >= 15 is 0 Å². The molecule has 2 aromatic heterocycles. The molecule has 1 saturated heterocycles. The number of H-pyrrole nitrogens is 1. The molecule has 1 fully saturated rings. The van der Waals surface area contributed by atoms with E-state index in [0.29, 0.717) is 13.1 Å². The van der Waals surface area contributed by atoms with Crippen molar-refractivity contribution in [1.29, 1.82) is 0 Å². The van der Waals surface area contributed by atoms with Crippen molar-refractivity contribution in [3.63, 3.8) is 0 Å². The number of aromatic nitrogens is 3. The van der Waals surface area contributed by atoms with Gasteiger partial charge in [-0.05, 0) is 39.0 Å². The number of fused-ring (bicyclic) bond motifs is 3. The van der Waals surface area contributed by atoms with Gasteiger partial charge in [-0.15, -0.1) is 0 Å². The fourth-order valence-electron chi connectivity index (χ4n) is 4.54. The number of carbonyl (C=O) groups excluding carboxylic acids is 1. The molecule has 2 aliphatic heterocycles. The van der Waals surface area contributed by atoms with E-state index in [0.717, 1.165) is 59.4 Å². The van der Waals surface area contributed by atoms with Gasteiger partial charge >= 0.3 is 0 Å². The van der Waals surface area contributed by atoms with Gasteiger partial charge in [0.2, 0.25) is 5.91 Å². The highest BCUT2D eigenvalue weighted by atomic mass is 79.9. The second-order valence-electron chi connectivity index (χ2n) is 7.72. The zero-order valence-electron chi connectivity index (χ0n) is 16.5. The molecular weight excluding hydrogens is 468 g/mol. The maximum Gasteiger partial charge on any atom is 0.244 e. The topological polar surface area (TPSA) is 81.7 Å². The van der Waals surface area contributed by atoms with Crippen LogP contribution >= 0.6 is 15.9 Å². The van der Waals surface area contributed by atoms with Crippen molar-refractivity contribution >= 4 is 32.9 Å². The molecule has 3 N–H and O–H groups in total. The molecular formula is C21H24BrClN6O. The molecule has 4 heterocycles. The first-order chi connectivity index (χ1) is 14.2. The van der Waals surface area contributed by atoms with E-state index in [-0.39, 0.29) is 24.4 Å². The summed E-state index contributed by atoms with van der Waals surface area (Å²) < 4.78 is 0.864. The molecule has 1 unspecified atom stereocenters. The minimum Gasteiger partial charge on any atom is -1.00 e. The van der Waals surface area contributed by atoms with Crippen LogP contribution in [-0.4, -0.2) is 63.6 Å². The zero-order chi connectivity index (χ0) is 19.8. The molecule has 0 spiro atoms. The van der Waals surface area contributed by atoms with Gasteiger partial charge in [0.1, 0.15) is 10.6 Å². The van der Waals surface area contributed by atoms with Crippen LogP contribution in [0.5, 0.6) is 0 Å². The summed E-state index contributed by atoms with van der Waals surface area (Å²) in [4.78, 5) is 22.5. The van der Waals surface area contributed by atoms with Crippen LogP contribution in [0.1, 0.15) is 22.7 Å². The van der Waals surface area contributed by atoms with Crippen LogP contribution in [0.3, 0.4) is 0 Å². The first kappa shape index (κ1) is 21.2. The Morgan fingerprint density at radius 1 is 1.17 bits per heavy atom. The van der Waals surface area contributed by atoms with Gasteiger partial charge in [-0.2, -0.15) is 5.10 Å². The predicted octanol–water partition coefficient (Wildman–Crippen LogP) is -1.77. The maximum atomic E-state index is 13.7. The summed E-state index contributed by atoms with van der Waals surface area (Å²) in [6, 6.07) is 9.98. The van der Waals surface area contributed by atoms with Crippen molar-refractivity contribution in [3.05, 3.63) is 57.8 Å². The molecule has 0 bridgehead atoms. The first-order valence-corrected chi connectivity index (χ1v) is 10.9. The summed E-state index contributed by atoms with van der Waals surface area (Å²) in [5.41, 5.74) is 4.15. The number of pyridine rings is 1. The summed E-state index contributed by atoms with van der Waals surface area (Å²) in [5, 5.41) is 10.6. The second kappa shape index (κ2) is 9.01. The van der Waals surface area contributed by atoms with E-state index < -0.39 is 0 Å². The third-order valence-corrected chi connectivity index (χ3v) is 6.57. The molecule has 7 nitrogen and oxygen atoms in total. The summed E-state index contributed by atoms with van der Waals surface area (Å²) in [6.45, 7) is 5.25. The fraction of sp³-hybridized carbons (Fsp3) is 0.381. The van der Waals surface area contributed by atoms with Gasteiger partial charge in [-0.25, -0.2) is 4.98 Å². The standard InChI is InChI=1S/C21H23BrN6O.ClH/c22-19-17-16-6-9-28(13-15(16)12-24-20(17)26-25-19)21(29)18(14-4-2-1-3-5-14)27-10-7-23-8-11-27;/h1-5,12,18,23H,6-11,13H2,(H,24,25,26);1H. The average Bonchev–Trinajstić information content (AvgIpc) is 3.16. The number of amides is 1. The van der Waals surface area contributed by atoms with Crippen molar-refractivity contribution in [2.45, 2.75) is 19.0 Å². The van der Waals surface area contributed by atoms with Crippen LogP contribution in [0.15, 0.2) is 41.1 Å². The molecule has 3 aromatic rings. The Morgan fingerprint density at radius 3 is 2.70 bits per heavy atom. The van der Waals surface area contributed by atoms with Crippen molar-refractivity contribution in [2.24, 2.45) is 0 Å². The van der Waals surface area contributed by atoms with Crippen LogP contribution in [0.25, 0.3) is 11.0 Å². The molecule has 9 heteroatoms.